The number of benzene rings is 1. The fraction of sp³-hybridized carbons (Fsp3) is 0.478. The molecule has 0 bridgehead atoms. The van der Waals surface area contributed by atoms with Crippen LogP contribution >= 0.6 is 11.3 Å². The minimum absolute atomic E-state index is 0.0637. The highest BCUT2D eigenvalue weighted by Crippen LogP contribution is 2.27. The largest absolute Gasteiger partial charge is 0.338 e. The van der Waals surface area contributed by atoms with Crippen molar-refractivity contribution < 1.29 is 14.0 Å². The van der Waals surface area contributed by atoms with Crippen molar-refractivity contribution in [2.45, 2.75) is 58.7 Å². The second-order valence-corrected chi connectivity index (χ2v) is 8.85. The van der Waals surface area contributed by atoms with Crippen LogP contribution in [0.2, 0.25) is 0 Å². The van der Waals surface area contributed by atoms with Crippen molar-refractivity contribution in [3.8, 4) is 0 Å². The van der Waals surface area contributed by atoms with E-state index in [-0.39, 0.29) is 30.3 Å². The number of carbonyl (C=O) groups is 2. The number of aryl methyl sites for hydroxylation is 1. The molecule has 0 unspecified atom stereocenters. The second kappa shape index (κ2) is 10.6. The Kier molecular flexibility index (Phi) is 7.85. The van der Waals surface area contributed by atoms with Gasteiger partial charge in [-0.05, 0) is 60.9 Å². The minimum Gasteiger partial charge on any atom is -0.338 e. The highest BCUT2D eigenvalue weighted by atomic mass is 32.1. The maximum Gasteiger partial charge on any atom is 0.318 e. The second-order valence-electron chi connectivity index (χ2n) is 7.85. The predicted octanol–water partition coefficient (Wildman–Crippen LogP) is 4.70. The number of urea groups is 1. The Bertz CT molecular complexity index is 848. The van der Waals surface area contributed by atoms with Gasteiger partial charge < -0.3 is 15.1 Å². The van der Waals surface area contributed by atoms with Gasteiger partial charge >= 0.3 is 6.03 Å². The number of thiophene rings is 1. The van der Waals surface area contributed by atoms with Crippen LogP contribution in [-0.2, 0) is 17.9 Å². The lowest BCUT2D eigenvalue weighted by Gasteiger charge is -2.28. The quantitative estimate of drug-likeness (QED) is 0.555. The molecule has 3 amide bonds. The predicted molar refractivity (Wildman–Crippen MR) is 118 cm³/mol. The van der Waals surface area contributed by atoms with Gasteiger partial charge in [0.2, 0.25) is 5.91 Å². The molecular weight excluding hydrogens is 401 g/mol. The third-order valence-electron chi connectivity index (χ3n) is 5.30. The molecule has 0 spiro atoms. The van der Waals surface area contributed by atoms with E-state index in [9.17, 15) is 14.0 Å². The van der Waals surface area contributed by atoms with Crippen molar-refractivity contribution in [2.75, 3.05) is 13.1 Å². The number of rotatable bonds is 10. The number of nitrogens with one attached hydrogen (secondary N) is 1. The summed E-state index contributed by atoms with van der Waals surface area (Å²) in [5, 5.41) is 4.95. The lowest BCUT2D eigenvalue weighted by atomic mass is 10.2. The third-order valence-corrected chi connectivity index (χ3v) is 6.31. The van der Waals surface area contributed by atoms with Crippen LogP contribution in [0.3, 0.4) is 0 Å². The van der Waals surface area contributed by atoms with Gasteiger partial charge in [-0.25, -0.2) is 9.18 Å². The van der Waals surface area contributed by atoms with Gasteiger partial charge in [0.15, 0.2) is 0 Å². The number of hydrogen-bond donors (Lipinski definition) is 1. The molecule has 0 atom stereocenters. The molecule has 1 aliphatic carbocycles. The van der Waals surface area contributed by atoms with Crippen molar-refractivity contribution in [1.29, 1.82) is 0 Å². The number of hydrogen-bond acceptors (Lipinski definition) is 3. The highest BCUT2D eigenvalue weighted by molar-refractivity contribution is 7.10. The molecule has 0 radical (unpaired) electrons. The number of carbonyl (C=O) groups excluding carboxylic acids is 2. The molecule has 1 fully saturated rings. The Morgan fingerprint density at radius 2 is 1.90 bits per heavy atom. The summed E-state index contributed by atoms with van der Waals surface area (Å²) in [7, 11) is 0. The maximum absolute atomic E-state index is 13.3. The molecule has 1 heterocycles. The van der Waals surface area contributed by atoms with E-state index in [1.807, 2.05) is 18.4 Å². The van der Waals surface area contributed by atoms with E-state index in [1.165, 1.54) is 12.1 Å². The van der Waals surface area contributed by atoms with Gasteiger partial charge in [0.25, 0.3) is 0 Å². The van der Waals surface area contributed by atoms with Crippen LogP contribution in [0.1, 0.15) is 48.6 Å². The molecule has 1 N–H and O–H groups in total. The van der Waals surface area contributed by atoms with Crippen molar-refractivity contribution in [1.82, 2.24) is 15.1 Å². The molecule has 7 heteroatoms. The van der Waals surface area contributed by atoms with Crippen LogP contribution in [-0.4, -0.2) is 40.9 Å². The third kappa shape index (κ3) is 6.29. The molecule has 1 aliphatic rings. The van der Waals surface area contributed by atoms with Gasteiger partial charge in [0, 0.05) is 24.0 Å². The molecular formula is C23H30FN3O2S. The summed E-state index contributed by atoms with van der Waals surface area (Å²) in [4.78, 5) is 30.5. The zero-order valence-electron chi connectivity index (χ0n) is 17.7. The fourth-order valence-corrected chi connectivity index (χ4v) is 4.17. The van der Waals surface area contributed by atoms with Crippen LogP contribution in [0.5, 0.6) is 0 Å². The Labute approximate surface area is 181 Å². The van der Waals surface area contributed by atoms with Gasteiger partial charge in [-0.2, -0.15) is 0 Å². The van der Waals surface area contributed by atoms with Crippen LogP contribution in [0.4, 0.5) is 9.18 Å². The van der Waals surface area contributed by atoms with E-state index in [0.29, 0.717) is 19.6 Å². The van der Waals surface area contributed by atoms with Crippen LogP contribution in [0.25, 0.3) is 0 Å². The molecule has 30 heavy (non-hydrogen) atoms. The Balaban J connectivity index is 1.71. The van der Waals surface area contributed by atoms with Crippen molar-refractivity contribution in [3.63, 3.8) is 0 Å². The summed E-state index contributed by atoms with van der Waals surface area (Å²) >= 11 is 1.62. The SMILES string of the molecule is CCCCNC(=O)N(CC(=O)N(Cc1ccc(F)cc1)Cc1sccc1C)C1CC1. The molecule has 0 saturated heterocycles. The first kappa shape index (κ1) is 22.3. The van der Waals surface area contributed by atoms with E-state index in [2.05, 4.69) is 12.2 Å². The first-order chi connectivity index (χ1) is 14.5. The van der Waals surface area contributed by atoms with Gasteiger partial charge in [-0.15, -0.1) is 11.3 Å². The summed E-state index contributed by atoms with van der Waals surface area (Å²) in [5.41, 5.74) is 2.01. The standard InChI is InChI=1S/C23H30FN3O2S/c1-3-4-12-25-23(29)27(20-9-10-20)16-22(28)26(15-21-17(2)11-13-30-21)14-18-5-7-19(24)8-6-18/h5-8,11,13,20H,3-4,9-10,12,14-16H2,1-2H3,(H,25,29). The molecule has 2 aromatic rings. The molecule has 1 aromatic heterocycles. The summed E-state index contributed by atoms with van der Waals surface area (Å²) in [6, 6.07) is 8.25. The summed E-state index contributed by atoms with van der Waals surface area (Å²) < 4.78 is 13.3. The summed E-state index contributed by atoms with van der Waals surface area (Å²) in [6.07, 6.45) is 3.81. The molecule has 1 aromatic carbocycles. The first-order valence-corrected chi connectivity index (χ1v) is 11.5. The molecule has 5 nitrogen and oxygen atoms in total. The molecule has 162 valence electrons. The monoisotopic (exact) mass is 431 g/mol. The number of nitrogens with zero attached hydrogens (tertiary/aromatic N) is 2. The molecule has 3 rings (SSSR count). The van der Waals surface area contributed by atoms with Crippen LogP contribution in [0.15, 0.2) is 35.7 Å². The van der Waals surface area contributed by atoms with Crippen LogP contribution < -0.4 is 5.32 Å². The van der Waals surface area contributed by atoms with Gasteiger partial charge in [0.1, 0.15) is 12.4 Å². The van der Waals surface area contributed by atoms with Crippen molar-refractivity contribution in [2.24, 2.45) is 0 Å². The molecule has 1 saturated carbocycles. The van der Waals surface area contributed by atoms with Gasteiger partial charge in [-0.1, -0.05) is 25.5 Å². The average molecular weight is 432 g/mol. The topological polar surface area (TPSA) is 52.7 Å². The summed E-state index contributed by atoms with van der Waals surface area (Å²) in [6.45, 7) is 5.66. The number of unbranched alkanes of at least 4 members (excludes halogenated alkanes) is 1. The van der Waals surface area contributed by atoms with E-state index < -0.39 is 0 Å². The van der Waals surface area contributed by atoms with E-state index in [4.69, 9.17) is 0 Å². The van der Waals surface area contributed by atoms with Gasteiger partial charge in [0.05, 0.1) is 6.54 Å². The Morgan fingerprint density at radius 1 is 1.17 bits per heavy atom. The van der Waals surface area contributed by atoms with E-state index in [0.717, 1.165) is 41.7 Å². The number of amides is 3. The van der Waals surface area contributed by atoms with Crippen molar-refractivity contribution >= 4 is 23.3 Å². The zero-order valence-corrected chi connectivity index (χ0v) is 18.5. The first-order valence-electron chi connectivity index (χ1n) is 10.6. The smallest absolute Gasteiger partial charge is 0.318 e. The van der Waals surface area contributed by atoms with Crippen molar-refractivity contribution in [3.05, 3.63) is 57.5 Å². The average Bonchev–Trinajstić information content (AvgIpc) is 3.49. The highest BCUT2D eigenvalue weighted by Gasteiger charge is 2.34. The lowest BCUT2D eigenvalue weighted by Crippen LogP contribution is -2.47. The Hall–Kier alpha value is -2.41. The minimum atomic E-state index is -0.297. The van der Waals surface area contributed by atoms with E-state index >= 15 is 0 Å². The normalized spacial score (nSPS) is 13.2. The van der Waals surface area contributed by atoms with E-state index in [1.54, 1.807) is 33.3 Å². The fourth-order valence-electron chi connectivity index (χ4n) is 3.25. The molecule has 0 aliphatic heterocycles. The Morgan fingerprint density at radius 3 is 2.50 bits per heavy atom. The number of halogens is 1. The van der Waals surface area contributed by atoms with Gasteiger partial charge in [-0.3, -0.25) is 4.79 Å². The maximum atomic E-state index is 13.3. The van der Waals surface area contributed by atoms with Crippen LogP contribution in [0, 0.1) is 12.7 Å². The zero-order chi connectivity index (χ0) is 21.5. The lowest BCUT2D eigenvalue weighted by molar-refractivity contribution is -0.133. The summed E-state index contributed by atoms with van der Waals surface area (Å²) in [5.74, 6) is -0.390.